The molecule has 0 spiro atoms. The van der Waals surface area contributed by atoms with Crippen molar-refractivity contribution in [2.24, 2.45) is 11.1 Å². The van der Waals surface area contributed by atoms with E-state index in [0.717, 1.165) is 0 Å². The van der Waals surface area contributed by atoms with Crippen LogP contribution in [0.15, 0.2) is 24.3 Å². The molecule has 0 aliphatic heterocycles. The molecule has 21 heavy (non-hydrogen) atoms. The van der Waals surface area contributed by atoms with Crippen LogP contribution in [0.2, 0.25) is 0 Å². The maximum atomic E-state index is 12.3. The zero-order chi connectivity index (χ0) is 16.0. The third-order valence-electron chi connectivity index (χ3n) is 3.58. The monoisotopic (exact) mass is 291 g/mol. The van der Waals surface area contributed by atoms with Gasteiger partial charge in [-0.2, -0.15) is 0 Å². The lowest BCUT2D eigenvalue weighted by Crippen LogP contribution is -2.39. The average Bonchev–Trinajstić information content (AvgIpc) is 2.45. The van der Waals surface area contributed by atoms with E-state index in [4.69, 9.17) is 5.73 Å². The van der Waals surface area contributed by atoms with Crippen molar-refractivity contribution >= 4 is 17.5 Å². The van der Waals surface area contributed by atoms with Gasteiger partial charge >= 0.3 is 0 Å². The van der Waals surface area contributed by atoms with Gasteiger partial charge in [0.15, 0.2) is 0 Å². The second-order valence-electron chi connectivity index (χ2n) is 5.78. The molecular formula is C16H25N3O2. The average molecular weight is 291 g/mol. The molecule has 1 rings (SSSR count). The lowest BCUT2D eigenvalue weighted by Gasteiger charge is -2.25. The minimum absolute atomic E-state index is 0.0661. The number of benzene rings is 1. The Morgan fingerprint density at radius 3 is 2.52 bits per heavy atom. The highest BCUT2D eigenvalue weighted by Gasteiger charge is 2.29. The Morgan fingerprint density at radius 2 is 2.00 bits per heavy atom. The summed E-state index contributed by atoms with van der Waals surface area (Å²) in [4.78, 5) is 24.2. The number of nitrogens with one attached hydrogen (secondary N) is 2. The molecular weight excluding hydrogens is 266 g/mol. The Bertz CT molecular complexity index is 508. The normalized spacial score (nSPS) is 13.6. The van der Waals surface area contributed by atoms with Gasteiger partial charge in [-0.25, -0.2) is 0 Å². The van der Waals surface area contributed by atoms with E-state index in [9.17, 15) is 9.59 Å². The van der Waals surface area contributed by atoms with Crippen LogP contribution < -0.4 is 16.4 Å². The Hall–Kier alpha value is -1.88. The zero-order valence-corrected chi connectivity index (χ0v) is 13.2. The molecule has 0 fully saturated rings. The molecule has 5 nitrogen and oxygen atoms in total. The Kier molecular flexibility index (Phi) is 5.90. The number of hydrogen-bond acceptors (Lipinski definition) is 3. The van der Waals surface area contributed by atoms with Crippen LogP contribution in [-0.2, 0) is 4.79 Å². The summed E-state index contributed by atoms with van der Waals surface area (Å²) in [5.74, 6) is -0.285. The summed E-state index contributed by atoms with van der Waals surface area (Å²) in [6, 6.07) is 6.96. The van der Waals surface area contributed by atoms with Gasteiger partial charge in [-0.1, -0.05) is 13.0 Å². The van der Waals surface area contributed by atoms with Crippen LogP contribution in [0.4, 0.5) is 5.69 Å². The molecule has 0 aliphatic carbocycles. The number of carbonyl (C=O) groups excluding carboxylic acids is 2. The predicted octanol–water partition coefficient (Wildman–Crippen LogP) is 2.14. The van der Waals surface area contributed by atoms with E-state index in [-0.39, 0.29) is 24.4 Å². The van der Waals surface area contributed by atoms with Gasteiger partial charge in [-0.15, -0.1) is 0 Å². The van der Waals surface area contributed by atoms with Crippen LogP contribution in [0.25, 0.3) is 0 Å². The second-order valence-corrected chi connectivity index (χ2v) is 5.78. The van der Waals surface area contributed by atoms with Crippen LogP contribution in [0.5, 0.6) is 0 Å². The summed E-state index contributed by atoms with van der Waals surface area (Å²) in [6.45, 7) is 7.84. The van der Waals surface area contributed by atoms with Crippen molar-refractivity contribution in [3.63, 3.8) is 0 Å². The summed E-state index contributed by atoms with van der Waals surface area (Å²) in [5.41, 5.74) is 6.20. The molecule has 1 aromatic carbocycles. The number of hydrogen-bond donors (Lipinski definition) is 3. The largest absolute Gasteiger partial charge is 0.350 e. The summed E-state index contributed by atoms with van der Waals surface area (Å²) >= 11 is 0. The quantitative estimate of drug-likeness (QED) is 0.750. The Balaban J connectivity index is 2.86. The van der Waals surface area contributed by atoms with Crippen molar-refractivity contribution in [3.05, 3.63) is 29.8 Å². The van der Waals surface area contributed by atoms with Gasteiger partial charge in [0.25, 0.3) is 5.91 Å². The van der Waals surface area contributed by atoms with E-state index in [1.165, 1.54) is 0 Å². The third-order valence-corrected chi connectivity index (χ3v) is 3.58. The van der Waals surface area contributed by atoms with Crippen LogP contribution in [0.1, 0.15) is 44.5 Å². The first-order valence-corrected chi connectivity index (χ1v) is 7.25. The third kappa shape index (κ3) is 4.56. The van der Waals surface area contributed by atoms with E-state index in [2.05, 4.69) is 10.6 Å². The van der Waals surface area contributed by atoms with Gasteiger partial charge in [-0.05, 0) is 45.4 Å². The summed E-state index contributed by atoms with van der Waals surface area (Å²) in [7, 11) is 0. The number of rotatable bonds is 6. The van der Waals surface area contributed by atoms with Crippen LogP contribution in [-0.4, -0.2) is 24.4 Å². The lowest BCUT2D eigenvalue weighted by molar-refractivity contribution is -0.124. The molecule has 0 saturated heterocycles. The van der Waals surface area contributed by atoms with Crippen molar-refractivity contribution < 1.29 is 9.59 Å². The minimum Gasteiger partial charge on any atom is -0.350 e. The molecule has 0 heterocycles. The number of carbonyl (C=O) groups is 2. The van der Waals surface area contributed by atoms with Gasteiger partial charge in [0, 0.05) is 23.8 Å². The zero-order valence-electron chi connectivity index (χ0n) is 13.2. The number of nitrogens with two attached hydrogens (primary N) is 1. The standard InChI is InChI=1S/C16H25N3O2/c1-5-16(4,10-17)15(21)19-13-8-6-7-12(9-13)14(20)18-11(2)3/h6-9,11H,5,10,17H2,1-4H3,(H,18,20)(H,19,21). The molecule has 0 radical (unpaired) electrons. The molecule has 0 bridgehead atoms. The second kappa shape index (κ2) is 7.22. The summed E-state index contributed by atoms with van der Waals surface area (Å²) < 4.78 is 0. The van der Waals surface area contributed by atoms with E-state index < -0.39 is 5.41 Å². The van der Waals surface area contributed by atoms with Gasteiger partial charge in [0.2, 0.25) is 5.91 Å². The first kappa shape index (κ1) is 17.2. The molecule has 4 N–H and O–H groups in total. The fourth-order valence-corrected chi connectivity index (χ4v) is 1.76. The van der Waals surface area contributed by atoms with Gasteiger partial charge in [-0.3, -0.25) is 9.59 Å². The molecule has 2 amide bonds. The van der Waals surface area contributed by atoms with Crippen LogP contribution in [0.3, 0.4) is 0 Å². The van der Waals surface area contributed by atoms with Crippen molar-refractivity contribution in [2.75, 3.05) is 11.9 Å². The van der Waals surface area contributed by atoms with Crippen molar-refractivity contribution in [3.8, 4) is 0 Å². The topological polar surface area (TPSA) is 84.2 Å². The Morgan fingerprint density at radius 1 is 1.33 bits per heavy atom. The van der Waals surface area contributed by atoms with E-state index in [1.807, 2.05) is 27.7 Å². The molecule has 0 saturated carbocycles. The minimum atomic E-state index is -0.601. The lowest BCUT2D eigenvalue weighted by atomic mass is 9.86. The SMILES string of the molecule is CCC(C)(CN)C(=O)Nc1cccc(C(=O)NC(C)C)c1. The molecule has 1 atom stereocenters. The molecule has 116 valence electrons. The number of amides is 2. The van der Waals surface area contributed by atoms with Crippen molar-refractivity contribution in [2.45, 2.75) is 40.2 Å². The van der Waals surface area contributed by atoms with Gasteiger partial charge in [0.05, 0.1) is 5.41 Å². The fraction of sp³-hybridized carbons (Fsp3) is 0.500. The van der Waals surface area contributed by atoms with Gasteiger partial charge < -0.3 is 16.4 Å². The fourth-order valence-electron chi connectivity index (χ4n) is 1.76. The van der Waals surface area contributed by atoms with Crippen molar-refractivity contribution in [1.82, 2.24) is 5.32 Å². The highest BCUT2D eigenvalue weighted by Crippen LogP contribution is 2.22. The van der Waals surface area contributed by atoms with Crippen LogP contribution in [0, 0.1) is 5.41 Å². The molecule has 5 heteroatoms. The molecule has 0 aliphatic rings. The Labute approximate surface area is 126 Å². The number of anilines is 1. The van der Waals surface area contributed by atoms with Gasteiger partial charge in [0.1, 0.15) is 0 Å². The maximum absolute atomic E-state index is 12.3. The smallest absolute Gasteiger partial charge is 0.251 e. The van der Waals surface area contributed by atoms with Crippen molar-refractivity contribution in [1.29, 1.82) is 0 Å². The molecule has 1 unspecified atom stereocenters. The highest BCUT2D eigenvalue weighted by molar-refractivity contribution is 5.98. The van der Waals surface area contributed by atoms with Crippen LogP contribution >= 0.6 is 0 Å². The first-order chi connectivity index (χ1) is 9.82. The van der Waals surface area contributed by atoms with E-state index >= 15 is 0 Å². The summed E-state index contributed by atoms with van der Waals surface area (Å²) in [6.07, 6.45) is 0.656. The van der Waals surface area contributed by atoms with E-state index in [1.54, 1.807) is 24.3 Å². The predicted molar refractivity (Wildman–Crippen MR) is 85.1 cm³/mol. The molecule has 1 aromatic rings. The highest BCUT2D eigenvalue weighted by atomic mass is 16.2. The molecule has 0 aromatic heterocycles. The maximum Gasteiger partial charge on any atom is 0.251 e. The van der Waals surface area contributed by atoms with E-state index in [0.29, 0.717) is 17.7 Å². The summed E-state index contributed by atoms with van der Waals surface area (Å²) in [5, 5.41) is 5.65. The first-order valence-electron chi connectivity index (χ1n) is 7.25.